The fraction of sp³-hybridized carbons (Fsp3) is 0.316. The van der Waals surface area contributed by atoms with Gasteiger partial charge in [0, 0.05) is 13.1 Å². The number of carbonyl (C=O) groups excluding carboxylic acids is 1. The number of aliphatic hydroxyl groups is 1. The van der Waals surface area contributed by atoms with Gasteiger partial charge in [0.1, 0.15) is 5.75 Å². The highest BCUT2D eigenvalue weighted by Gasteiger charge is 2.10. The fourth-order valence-electron chi connectivity index (χ4n) is 2.19. The van der Waals surface area contributed by atoms with Crippen molar-refractivity contribution in [3.05, 3.63) is 65.7 Å². The summed E-state index contributed by atoms with van der Waals surface area (Å²) in [4.78, 5) is 11.8. The molecule has 2 amide bonds. The molecule has 128 valence electrons. The summed E-state index contributed by atoms with van der Waals surface area (Å²) in [5.41, 5.74) is 1.75. The van der Waals surface area contributed by atoms with Gasteiger partial charge in [0.2, 0.25) is 0 Å². The van der Waals surface area contributed by atoms with E-state index in [2.05, 4.69) is 10.6 Å². The van der Waals surface area contributed by atoms with Crippen molar-refractivity contribution in [2.75, 3.05) is 6.54 Å². The van der Waals surface area contributed by atoms with Gasteiger partial charge in [-0.15, -0.1) is 0 Å². The number of amides is 2. The van der Waals surface area contributed by atoms with Crippen LogP contribution in [0.25, 0.3) is 0 Å². The van der Waals surface area contributed by atoms with E-state index < -0.39 is 6.10 Å². The van der Waals surface area contributed by atoms with Gasteiger partial charge >= 0.3 is 6.03 Å². The van der Waals surface area contributed by atoms with Crippen LogP contribution in [-0.4, -0.2) is 23.8 Å². The summed E-state index contributed by atoms with van der Waals surface area (Å²) in [5.74, 6) is 0.759. The van der Waals surface area contributed by atoms with Gasteiger partial charge in [-0.25, -0.2) is 4.79 Å². The third-order valence-electron chi connectivity index (χ3n) is 3.39. The Balaban J connectivity index is 1.75. The van der Waals surface area contributed by atoms with E-state index in [0.29, 0.717) is 6.54 Å². The quantitative estimate of drug-likeness (QED) is 0.732. The molecule has 24 heavy (non-hydrogen) atoms. The van der Waals surface area contributed by atoms with Crippen LogP contribution in [-0.2, 0) is 6.54 Å². The molecule has 0 aliphatic carbocycles. The van der Waals surface area contributed by atoms with Crippen LogP contribution in [0.4, 0.5) is 4.79 Å². The van der Waals surface area contributed by atoms with E-state index in [1.54, 1.807) is 12.1 Å². The van der Waals surface area contributed by atoms with Gasteiger partial charge in [-0.1, -0.05) is 42.5 Å². The Morgan fingerprint density at radius 1 is 1.04 bits per heavy atom. The molecule has 2 rings (SSSR count). The number of rotatable bonds is 7. The molecular weight excluding hydrogens is 304 g/mol. The van der Waals surface area contributed by atoms with Crippen LogP contribution < -0.4 is 15.4 Å². The summed E-state index contributed by atoms with van der Waals surface area (Å²) in [5, 5.41) is 15.6. The Kier molecular flexibility index (Phi) is 6.63. The van der Waals surface area contributed by atoms with Gasteiger partial charge in [0.15, 0.2) is 0 Å². The summed E-state index contributed by atoms with van der Waals surface area (Å²) in [6.45, 7) is 4.51. The smallest absolute Gasteiger partial charge is 0.315 e. The predicted octanol–water partition coefficient (Wildman–Crippen LogP) is 3.01. The second-order valence-electron chi connectivity index (χ2n) is 5.80. The van der Waals surface area contributed by atoms with Crippen molar-refractivity contribution < 1.29 is 14.6 Å². The van der Waals surface area contributed by atoms with Gasteiger partial charge < -0.3 is 20.5 Å². The van der Waals surface area contributed by atoms with Crippen molar-refractivity contribution in [3.8, 4) is 5.75 Å². The highest BCUT2D eigenvalue weighted by atomic mass is 16.5. The largest absolute Gasteiger partial charge is 0.491 e. The summed E-state index contributed by atoms with van der Waals surface area (Å²) < 4.78 is 5.56. The minimum absolute atomic E-state index is 0.107. The number of nitrogens with one attached hydrogen (secondary N) is 2. The van der Waals surface area contributed by atoms with E-state index in [0.717, 1.165) is 16.9 Å². The molecule has 2 aromatic rings. The summed E-state index contributed by atoms with van der Waals surface area (Å²) in [6, 6.07) is 16.6. The van der Waals surface area contributed by atoms with E-state index in [4.69, 9.17) is 4.74 Å². The van der Waals surface area contributed by atoms with Crippen molar-refractivity contribution in [1.29, 1.82) is 0 Å². The average molecular weight is 328 g/mol. The van der Waals surface area contributed by atoms with Crippen LogP contribution in [0.2, 0.25) is 0 Å². The number of aliphatic hydroxyl groups excluding tert-OH is 1. The maximum atomic E-state index is 11.8. The third-order valence-corrected chi connectivity index (χ3v) is 3.39. The van der Waals surface area contributed by atoms with Gasteiger partial charge in [0.05, 0.1) is 12.2 Å². The summed E-state index contributed by atoms with van der Waals surface area (Å²) in [6.07, 6.45) is -0.656. The van der Waals surface area contributed by atoms with Gasteiger partial charge in [-0.2, -0.15) is 0 Å². The standard InChI is InChI=1S/C19H24N2O3/c1-14(2)24-17-10-8-16(9-11-17)18(22)13-21-19(23)20-12-15-6-4-3-5-7-15/h3-11,14,18,22H,12-13H2,1-2H3,(H2,20,21,23). The molecule has 0 aliphatic rings. The number of urea groups is 1. The third kappa shape index (κ3) is 5.93. The molecule has 0 heterocycles. The highest BCUT2D eigenvalue weighted by Crippen LogP contribution is 2.18. The minimum atomic E-state index is -0.763. The molecule has 0 saturated carbocycles. The molecule has 5 heteroatoms. The molecule has 1 unspecified atom stereocenters. The monoisotopic (exact) mass is 328 g/mol. The number of carbonyl (C=O) groups is 1. The zero-order valence-corrected chi connectivity index (χ0v) is 14.0. The van der Waals surface area contributed by atoms with E-state index in [-0.39, 0.29) is 18.7 Å². The van der Waals surface area contributed by atoms with E-state index in [1.165, 1.54) is 0 Å². The van der Waals surface area contributed by atoms with Crippen molar-refractivity contribution >= 4 is 6.03 Å². The molecule has 3 N–H and O–H groups in total. The molecule has 0 fully saturated rings. The van der Waals surface area contributed by atoms with E-state index >= 15 is 0 Å². The lowest BCUT2D eigenvalue weighted by Gasteiger charge is -2.14. The topological polar surface area (TPSA) is 70.6 Å². The maximum Gasteiger partial charge on any atom is 0.315 e. The predicted molar refractivity (Wildman–Crippen MR) is 93.8 cm³/mol. The van der Waals surface area contributed by atoms with Crippen molar-refractivity contribution in [3.63, 3.8) is 0 Å². The molecule has 0 aliphatic heterocycles. The normalized spacial score (nSPS) is 11.8. The summed E-state index contributed by atoms with van der Waals surface area (Å²) >= 11 is 0. The summed E-state index contributed by atoms with van der Waals surface area (Å²) in [7, 11) is 0. The zero-order chi connectivity index (χ0) is 17.4. The van der Waals surface area contributed by atoms with Gasteiger partial charge in [0.25, 0.3) is 0 Å². The lowest BCUT2D eigenvalue weighted by molar-refractivity contribution is 0.173. The van der Waals surface area contributed by atoms with Crippen LogP contribution in [0.1, 0.15) is 31.1 Å². The van der Waals surface area contributed by atoms with Crippen LogP contribution in [0.15, 0.2) is 54.6 Å². The van der Waals surface area contributed by atoms with Crippen LogP contribution in [0.5, 0.6) is 5.75 Å². The first kappa shape index (κ1) is 17.8. The molecule has 0 spiro atoms. The Bertz CT molecular complexity index is 627. The number of hydrogen-bond acceptors (Lipinski definition) is 3. The van der Waals surface area contributed by atoms with E-state index in [1.807, 2.05) is 56.3 Å². The van der Waals surface area contributed by atoms with Crippen LogP contribution in [0.3, 0.4) is 0 Å². The Hall–Kier alpha value is -2.53. The van der Waals surface area contributed by atoms with Gasteiger partial charge in [-0.3, -0.25) is 0 Å². The molecule has 0 radical (unpaired) electrons. The Labute approximate surface area is 142 Å². The van der Waals surface area contributed by atoms with Crippen molar-refractivity contribution in [1.82, 2.24) is 10.6 Å². The first-order valence-electron chi connectivity index (χ1n) is 8.05. The molecule has 5 nitrogen and oxygen atoms in total. The van der Waals surface area contributed by atoms with Gasteiger partial charge in [-0.05, 0) is 37.1 Å². The molecule has 0 aromatic heterocycles. The van der Waals surface area contributed by atoms with E-state index in [9.17, 15) is 9.90 Å². The van der Waals surface area contributed by atoms with Crippen molar-refractivity contribution in [2.24, 2.45) is 0 Å². The first-order valence-corrected chi connectivity index (χ1v) is 8.05. The van der Waals surface area contributed by atoms with Crippen LogP contribution >= 0.6 is 0 Å². The molecule has 2 aromatic carbocycles. The Morgan fingerprint density at radius 3 is 2.33 bits per heavy atom. The number of hydrogen-bond donors (Lipinski definition) is 3. The zero-order valence-electron chi connectivity index (χ0n) is 14.0. The number of ether oxygens (including phenoxy) is 1. The number of benzene rings is 2. The lowest BCUT2D eigenvalue weighted by Crippen LogP contribution is -2.37. The second-order valence-corrected chi connectivity index (χ2v) is 5.80. The second kappa shape index (κ2) is 8.93. The SMILES string of the molecule is CC(C)Oc1ccc(C(O)CNC(=O)NCc2ccccc2)cc1. The highest BCUT2D eigenvalue weighted by molar-refractivity contribution is 5.73. The minimum Gasteiger partial charge on any atom is -0.491 e. The van der Waals surface area contributed by atoms with Crippen molar-refractivity contribution in [2.45, 2.75) is 32.6 Å². The molecule has 1 atom stereocenters. The fourth-order valence-corrected chi connectivity index (χ4v) is 2.19. The average Bonchev–Trinajstić information content (AvgIpc) is 2.59. The first-order chi connectivity index (χ1) is 11.5. The molecule has 0 saturated heterocycles. The molecular formula is C19H24N2O3. The maximum absolute atomic E-state index is 11.8. The van der Waals surface area contributed by atoms with Crippen LogP contribution in [0, 0.1) is 0 Å². The Morgan fingerprint density at radius 2 is 1.71 bits per heavy atom. The molecule has 0 bridgehead atoms. The lowest BCUT2D eigenvalue weighted by atomic mass is 10.1.